The first-order valence-corrected chi connectivity index (χ1v) is 18.7. The average Bonchev–Trinajstić information content (AvgIpc) is 3.42. The van der Waals surface area contributed by atoms with Gasteiger partial charge in [0.1, 0.15) is 5.60 Å². The number of nitrogens with zero attached hydrogens (tertiary/aromatic N) is 3. The van der Waals surface area contributed by atoms with Crippen LogP contribution in [0, 0.1) is 5.92 Å². The van der Waals surface area contributed by atoms with Crippen LogP contribution in [0.2, 0.25) is 5.04 Å². The zero-order valence-corrected chi connectivity index (χ0v) is 28.9. The van der Waals surface area contributed by atoms with Crippen LogP contribution in [0.4, 0.5) is 4.79 Å². The summed E-state index contributed by atoms with van der Waals surface area (Å²) in [6.07, 6.45) is 2.26. The molecule has 3 aromatic rings. The minimum absolute atomic E-state index is 0.0381. The molecule has 0 bridgehead atoms. The zero-order valence-electron chi connectivity index (χ0n) is 27.1. The van der Waals surface area contributed by atoms with E-state index >= 15 is 0 Å². The van der Waals surface area contributed by atoms with Crippen molar-refractivity contribution in [1.29, 1.82) is 0 Å². The maximum Gasteiger partial charge on any atom is 0.407 e. The highest BCUT2D eigenvalue weighted by molar-refractivity contribution is 7.89. The van der Waals surface area contributed by atoms with Crippen molar-refractivity contribution in [2.75, 3.05) is 19.7 Å². The fraction of sp³-hybridized carbons (Fsp3) is 0.515. The second-order valence-corrected chi connectivity index (χ2v) is 20.0. The predicted molar refractivity (Wildman–Crippen MR) is 176 cm³/mol. The van der Waals surface area contributed by atoms with Crippen molar-refractivity contribution < 1.29 is 22.4 Å². The summed E-state index contributed by atoms with van der Waals surface area (Å²) in [7, 11) is -6.42. The van der Waals surface area contributed by atoms with Gasteiger partial charge in [-0.15, -0.1) is 0 Å². The highest BCUT2D eigenvalue weighted by Gasteiger charge is 2.50. The van der Waals surface area contributed by atoms with Crippen molar-refractivity contribution >= 4 is 34.8 Å². The minimum Gasteiger partial charge on any atom is -0.444 e. The van der Waals surface area contributed by atoms with Crippen LogP contribution in [-0.2, 0) is 25.7 Å². The number of carbonyl (C=O) groups excluding carboxylic acids is 1. The number of benzene rings is 2. The SMILES string of the molecule is CC(CO[Si](c1ccccc1)(c1ccccc1)C(C)(C)C)Cn1ccc(S(=O)(=O)N2CCC(NC(=O)OC(C)(C)C)CC2)n1. The molecule has 1 aromatic heterocycles. The molecule has 0 spiro atoms. The molecule has 2 aromatic carbocycles. The van der Waals surface area contributed by atoms with Gasteiger partial charge in [0, 0.05) is 38.5 Å². The molecule has 1 aliphatic rings. The minimum atomic E-state index is -3.75. The molecule has 240 valence electrons. The van der Waals surface area contributed by atoms with E-state index in [1.54, 1.807) is 16.9 Å². The smallest absolute Gasteiger partial charge is 0.407 e. The molecule has 0 saturated carbocycles. The fourth-order valence-corrected chi connectivity index (χ4v) is 11.9. The maximum absolute atomic E-state index is 13.4. The highest BCUT2D eigenvalue weighted by Crippen LogP contribution is 2.37. The summed E-state index contributed by atoms with van der Waals surface area (Å²) < 4.78 is 42.4. The molecule has 1 amide bonds. The molecule has 4 rings (SSSR count). The van der Waals surface area contributed by atoms with E-state index < -0.39 is 30.0 Å². The first-order chi connectivity index (χ1) is 20.6. The van der Waals surface area contributed by atoms with Crippen LogP contribution in [-0.4, -0.2) is 68.3 Å². The lowest BCUT2D eigenvalue weighted by molar-refractivity contribution is 0.0489. The van der Waals surface area contributed by atoms with Crippen LogP contribution >= 0.6 is 0 Å². The summed E-state index contributed by atoms with van der Waals surface area (Å²) in [4.78, 5) is 12.1. The van der Waals surface area contributed by atoms with E-state index in [1.807, 2.05) is 32.9 Å². The maximum atomic E-state index is 13.4. The van der Waals surface area contributed by atoms with Crippen molar-refractivity contribution in [2.24, 2.45) is 5.92 Å². The molecule has 0 radical (unpaired) electrons. The lowest BCUT2D eigenvalue weighted by atomic mass is 10.1. The molecule has 1 N–H and O–H groups in total. The van der Waals surface area contributed by atoms with Crippen LogP contribution < -0.4 is 15.7 Å². The zero-order chi connectivity index (χ0) is 32.2. The number of nitrogens with one attached hydrogen (secondary N) is 1. The number of sulfonamides is 1. The predicted octanol–water partition coefficient (Wildman–Crippen LogP) is 4.77. The molecular weight excluding hydrogens is 593 g/mol. The van der Waals surface area contributed by atoms with E-state index in [9.17, 15) is 13.2 Å². The molecule has 44 heavy (non-hydrogen) atoms. The van der Waals surface area contributed by atoms with Gasteiger partial charge in [0.2, 0.25) is 0 Å². The second-order valence-electron chi connectivity index (χ2n) is 13.8. The molecule has 1 atom stereocenters. The van der Waals surface area contributed by atoms with Gasteiger partial charge < -0.3 is 14.5 Å². The summed E-state index contributed by atoms with van der Waals surface area (Å²) >= 11 is 0. The Balaban J connectivity index is 1.41. The topological polar surface area (TPSA) is 103 Å². The number of alkyl carbamates (subject to hydrolysis) is 1. The number of aromatic nitrogens is 2. The summed E-state index contributed by atoms with van der Waals surface area (Å²) in [5, 5.41) is 9.68. The van der Waals surface area contributed by atoms with E-state index in [0.717, 1.165) is 0 Å². The summed E-state index contributed by atoms with van der Waals surface area (Å²) in [6.45, 7) is 15.9. The van der Waals surface area contributed by atoms with Crippen LogP contribution in [0.25, 0.3) is 0 Å². The van der Waals surface area contributed by atoms with Crippen LogP contribution in [0.5, 0.6) is 0 Å². The number of amides is 1. The normalized spacial score (nSPS) is 16.4. The third kappa shape index (κ3) is 7.98. The van der Waals surface area contributed by atoms with E-state index in [-0.39, 0.29) is 22.0 Å². The van der Waals surface area contributed by atoms with Crippen LogP contribution in [0.1, 0.15) is 61.3 Å². The molecule has 2 heterocycles. The Hall–Kier alpha value is -2.99. The van der Waals surface area contributed by atoms with Crippen LogP contribution in [0.3, 0.4) is 0 Å². The van der Waals surface area contributed by atoms with Crippen LogP contribution in [0.15, 0.2) is 78.0 Å². The summed E-state index contributed by atoms with van der Waals surface area (Å²) in [6, 6.07) is 22.5. The summed E-state index contributed by atoms with van der Waals surface area (Å²) in [5.41, 5.74) is -0.585. The molecule has 0 aliphatic carbocycles. The van der Waals surface area contributed by atoms with Crippen molar-refractivity contribution in [1.82, 2.24) is 19.4 Å². The summed E-state index contributed by atoms with van der Waals surface area (Å²) in [5.74, 6) is 0.0850. The Morgan fingerprint density at radius 3 is 2.00 bits per heavy atom. The average molecular weight is 641 g/mol. The van der Waals surface area contributed by atoms with Gasteiger partial charge in [-0.1, -0.05) is 88.4 Å². The third-order valence-electron chi connectivity index (χ3n) is 7.90. The first kappa shape index (κ1) is 33.9. The molecule has 1 aliphatic heterocycles. The molecule has 11 heteroatoms. The van der Waals surface area contributed by atoms with Gasteiger partial charge in [-0.05, 0) is 61.0 Å². The Morgan fingerprint density at radius 2 is 1.50 bits per heavy atom. The Labute approximate surface area is 264 Å². The highest BCUT2D eigenvalue weighted by atomic mass is 32.2. The lowest BCUT2D eigenvalue weighted by Crippen LogP contribution is -2.66. The van der Waals surface area contributed by atoms with Gasteiger partial charge in [-0.3, -0.25) is 4.68 Å². The number of carbonyl (C=O) groups is 1. The Morgan fingerprint density at radius 1 is 0.955 bits per heavy atom. The Kier molecular flexibility index (Phi) is 10.4. The van der Waals surface area contributed by atoms with Gasteiger partial charge in [0.25, 0.3) is 18.3 Å². The number of hydrogen-bond donors (Lipinski definition) is 1. The van der Waals surface area contributed by atoms with Crippen molar-refractivity contribution in [3.05, 3.63) is 72.9 Å². The number of hydrogen-bond acceptors (Lipinski definition) is 6. The van der Waals surface area contributed by atoms with E-state index in [0.29, 0.717) is 39.1 Å². The molecular formula is C33H48N4O5SSi. The van der Waals surface area contributed by atoms with E-state index in [1.165, 1.54) is 14.7 Å². The van der Waals surface area contributed by atoms with E-state index in [4.69, 9.17) is 9.16 Å². The number of piperidine rings is 1. The van der Waals surface area contributed by atoms with Gasteiger partial charge in [-0.25, -0.2) is 13.2 Å². The van der Waals surface area contributed by atoms with Gasteiger partial charge in [-0.2, -0.15) is 9.40 Å². The van der Waals surface area contributed by atoms with Crippen molar-refractivity contribution in [3.8, 4) is 0 Å². The molecule has 1 fully saturated rings. The Bertz CT molecular complexity index is 1440. The van der Waals surface area contributed by atoms with Crippen molar-refractivity contribution in [2.45, 2.75) is 89.6 Å². The third-order valence-corrected chi connectivity index (χ3v) is 14.7. The van der Waals surface area contributed by atoms with E-state index in [2.05, 4.69) is 86.6 Å². The van der Waals surface area contributed by atoms with Crippen molar-refractivity contribution in [3.63, 3.8) is 0 Å². The molecule has 1 unspecified atom stereocenters. The monoisotopic (exact) mass is 640 g/mol. The van der Waals surface area contributed by atoms with Gasteiger partial charge >= 0.3 is 6.09 Å². The largest absolute Gasteiger partial charge is 0.444 e. The van der Waals surface area contributed by atoms with Gasteiger partial charge in [0.05, 0.1) is 0 Å². The first-order valence-electron chi connectivity index (χ1n) is 15.4. The number of rotatable bonds is 10. The molecule has 1 saturated heterocycles. The quantitative estimate of drug-likeness (QED) is 0.320. The second kappa shape index (κ2) is 13.6. The lowest BCUT2D eigenvalue weighted by Gasteiger charge is -2.43. The standard InChI is InChI=1S/C33H48N4O5SSi/c1-26(25-41-44(33(5,6)7,28-14-10-8-11-15-28)29-16-12-9-13-17-29)24-36-21-20-30(35-36)43(39,40)37-22-18-27(19-23-37)34-31(38)42-32(2,3)4/h8-17,20-21,26-27H,18-19,22-25H2,1-7H3,(H,34,38). The number of ether oxygens (including phenoxy) is 1. The van der Waals surface area contributed by atoms with Gasteiger partial charge in [0.15, 0.2) is 5.03 Å². The molecule has 9 nitrogen and oxygen atoms in total. The fourth-order valence-electron chi connectivity index (χ4n) is 5.83.